The average Bonchev–Trinajstić information content (AvgIpc) is 2.93. The molecule has 3 aromatic rings. The van der Waals surface area contributed by atoms with Gasteiger partial charge in [-0.1, -0.05) is 30.9 Å². The van der Waals surface area contributed by atoms with Crippen molar-refractivity contribution in [1.82, 2.24) is 4.57 Å². The van der Waals surface area contributed by atoms with Gasteiger partial charge in [0.2, 0.25) is 0 Å². The fourth-order valence-electron chi connectivity index (χ4n) is 3.28. The third kappa shape index (κ3) is 3.85. The van der Waals surface area contributed by atoms with E-state index in [0.717, 1.165) is 29.8 Å². The molecule has 2 nitrogen and oxygen atoms in total. The van der Waals surface area contributed by atoms with E-state index in [0.29, 0.717) is 0 Å². The first-order valence-electron chi connectivity index (χ1n) is 8.69. The molecule has 0 fully saturated rings. The Morgan fingerprint density at radius 2 is 1.80 bits per heavy atom. The molecule has 0 aliphatic carbocycles. The van der Waals surface area contributed by atoms with Gasteiger partial charge < -0.3 is 9.88 Å². The van der Waals surface area contributed by atoms with Gasteiger partial charge in [-0.05, 0) is 79.1 Å². The summed E-state index contributed by atoms with van der Waals surface area (Å²) in [5.74, 6) is 0. The number of allylic oxidation sites excluding steroid dienone is 2. The average molecular weight is 330 g/mol. The number of hydrogen-bond donors (Lipinski definition) is 1. The molecule has 3 rings (SSSR count). The van der Waals surface area contributed by atoms with Crippen LogP contribution in [0.2, 0.25) is 0 Å². The van der Waals surface area contributed by atoms with E-state index >= 15 is 0 Å². The number of anilines is 1. The SMILES string of the molecule is C=C(C)Nc1ccc(CCc2ccc3c(ccn3C)c2)c(C(=C)C)c1. The number of fused-ring (bicyclic) bond motifs is 1. The van der Waals surface area contributed by atoms with Crippen LogP contribution < -0.4 is 5.32 Å². The van der Waals surface area contributed by atoms with Gasteiger partial charge in [0.1, 0.15) is 0 Å². The Bertz CT molecular complexity index is 944. The lowest BCUT2D eigenvalue weighted by molar-refractivity contribution is 0.952. The number of nitrogens with zero attached hydrogens (tertiary/aromatic N) is 1. The summed E-state index contributed by atoms with van der Waals surface area (Å²) in [5, 5.41) is 4.59. The first-order valence-corrected chi connectivity index (χ1v) is 8.69. The molecular weight excluding hydrogens is 304 g/mol. The van der Waals surface area contributed by atoms with Crippen LogP contribution in [0.3, 0.4) is 0 Å². The molecule has 0 saturated heterocycles. The normalized spacial score (nSPS) is 10.8. The summed E-state index contributed by atoms with van der Waals surface area (Å²) in [6.07, 6.45) is 4.15. The van der Waals surface area contributed by atoms with E-state index in [4.69, 9.17) is 0 Å². The van der Waals surface area contributed by atoms with E-state index in [9.17, 15) is 0 Å². The van der Waals surface area contributed by atoms with Crippen molar-refractivity contribution in [2.24, 2.45) is 7.05 Å². The van der Waals surface area contributed by atoms with Crippen LogP contribution in [0.15, 0.2) is 67.5 Å². The van der Waals surface area contributed by atoms with Gasteiger partial charge in [0.25, 0.3) is 0 Å². The molecule has 0 radical (unpaired) electrons. The van der Waals surface area contributed by atoms with E-state index < -0.39 is 0 Å². The first-order chi connectivity index (χ1) is 11.9. The number of nitrogens with one attached hydrogen (secondary N) is 1. The summed E-state index contributed by atoms with van der Waals surface area (Å²) in [5.41, 5.74) is 8.33. The molecule has 1 N–H and O–H groups in total. The summed E-state index contributed by atoms with van der Waals surface area (Å²) >= 11 is 0. The first kappa shape index (κ1) is 17.1. The molecule has 0 amide bonds. The molecule has 1 aromatic heterocycles. The number of rotatable bonds is 6. The number of aromatic nitrogens is 1. The number of aryl methyl sites for hydroxylation is 3. The molecule has 2 heteroatoms. The van der Waals surface area contributed by atoms with Gasteiger partial charge in [0, 0.05) is 30.1 Å². The van der Waals surface area contributed by atoms with Crippen molar-refractivity contribution in [3.8, 4) is 0 Å². The Hall–Kier alpha value is -2.74. The molecule has 1 heterocycles. The van der Waals surface area contributed by atoms with Gasteiger partial charge in [0.05, 0.1) is 0 Å². The van der Waals surface area contributed by atoms with Gasteiger partial charge in [-0.2, -0.15) is 0 Å². The van der Waals surface area contributed by atoms with E-state index in [-0.39, 0.29) is 0 Å². The lowest BCUT2D eigenvalue weighted by Gasteiger charge is -2.13. The van der Waals surface area contributed by atoms with Crippen LogP contribution in [0, 0.1) is 0 Å². The largest absolute Gasteiger partial charge is 0.360 e. The lowest BCUT2D eigenvalue weighted by Crippen LogP contribution is -1.99. The van der Waals surface area contributed by atoms with Crippen LogP contribution in [0.1, 0.15) is 30.5 Å². The van der Waals surface area contributed by atoms with Crippen LogP contribution in [-0.2, 0) is 19.9 Å². The van der Waals surface area contributed by atoms with E-state index in [1.165, 1.54) is 27.6 Å². The molecular formula is C23H26N2. The third-order valence-electron chi connectivity index (χ3n) is 4.56. The maximum Gasteiger partial charge on any atom is 0.0477 e. The number of hydrogen-bond acceptors (Lipinski definition) is 1. The van der Waals surface area contributed by atoms with Crippen LogP contribution in [-0.4, -0.2) is 4.57 Å². The van der Waals surface area contributed by atoms with Gasteiger partial charge in [0.15, 0.2) is 0 Å². The van der Waals surface area contributed by atoms with E-state index in [1.54, 1.807) is 0 Å². The molecule has 0 spiro atoms. The summed E-state index contributed by atoms with van der Waals surface area (Å²) in [6.45, 7) is 12.1. The van der Waals surface area contributed by atoms with Gasteiger partial charge in [-0.3, -0.25) is 0 Å². The predicted octanol–water partition coefficient (Wildman–Crippen LogP) is 5.94. The van der Waals surface area contributed by atoms with Gasteiger partial charge in [-0.15, -0.1) is 0 Å². The fraction of sp³-hybridized carbons (Fsp3) is 0.217. The Labute approximate surface area is 150 Å². The Kier molecular flexibility index (Phi) is 4.80. The van der Waals surface area contributed by atoms with Crippen LogP contribution in [0.25, 0.3) is 16.5 Å². The third-order valence-corrected chi connectivity index (χ3v) is 4.56. The standard InChI is InChI=1S/C23H26N2/c1-16(2)22-15-21(24-17(3)4)10-9-19(22)8-6-18-7-11-23-20(14-18)12-13-25(23)5/h7,9-15,24H,1,3,6,8H2,2,4-5H3. The summed E-state index contributed by atoms with van der Waals surface area (Å²) in [7, 11) is 2.09. The van der Waals surface area contributed by atoms with Crippen molar-refractivity contribution < 1.29 is 0 Å². The predicted molar refractivity (Wildman–Crippen MR) is 110 cm³/mol. The van der Waals surface area contributed by atoms with Crippen LogP contribution in [0.5, 0.6) is 0 Å². The Morgan fingerprint density at radius 3 is 2.52 bits per heavy atom. The van der Waals surface area contributed by atoms with Gasteiger partial charge in [-0.25, -0.2) is 0 Å². The van der Waals surface area contributed by atoms with Crippen LogP contribution in [0.4, 0.5) is 5.69 Å². The highest BCUT2D eigenvalue weighted by atomic mass is 14.9. The summed E-state index contributed by atoms with van der Waals surface area (Å²) < 4.78 is 2.16. The van der Waals surface area contributed by atoms with Crippen molar-refractivity contribution in [2.75, 3.05) is 5.32 Å². The zero-order chi connectivity index (χ0) is 18.0. The van der Waals surface area contributed by atoms with E-state index in [2.05, 4.69) is 85.7 Å². The molecule has 0 aliphatic heterocycles. The van der Waals surface area contributed by atoms with Crippen molar-refractivity contribution in [1.29, 1.82) is 0 Å². The van der Waals surface area contributed by atoms with Crippen LogP contribution >= 0.6 is 0 Å². The zero-order valence-corrected chi connectivity index (χ0v) is 15.4. The second kappa shape index (κ2) is 7.02. The smallest absolute Gasteiger partial charge is 0.0477 e. The lowest BCUT2D eigenvalue weighted by atomic mass is 9.95. The van der Waals surface area contributed by atoms with Crippen molar-refractivity contribution >= 4 is 22.2 Å². The second-order valence-corrected chi connectivity index (χ2v) is 6.88. The minimum absolute atomic E-state index is 0.941. The minimum Gasteiger partial charge on any atom is -0.360 e. The molecule has 0 saturated carbocycles. The zero-order valence-electron chi connectivity index (χ0n) is 15.4. The topological polar surface area (TPSA) is 17.0 Å². The van der Waals surface area contributed by atoms with Gasteiger partial charge >= 0.3 is 0 Å². The highest BCUT2D eigenvalue weighted by Gasteiger charge is 2.07. The molecule has 128 valence electrons. The quantitative estimate of drug-likeness (QED) is 0.591. The number of benzene rings is 2. The highest BCUT2D eigenvalue weighted by Crippen LogP contribution is 2.25. The molecule has 2 aromatic carbocycles. The molecule has 0 unspecified atom stereocenters. The Balaban J connectivity index is 1.81. The second-order valence-electron chi connectivity index (χ2n) is 6.88. The fourth-order valence-corrected chi connectivity index (χ4v) is 3.28. The summed E-state index contributed by atoms with van der Waals surface area (Å²) in [6, 6.07) is 15.4. The molecule has 25 heavy (non-hydrogen) atoms. The monoisotopic (exact) mass is 330 g/mol. The minimum atomic E-state index is 0.941. The highest BCUT2D eigenvalue weighted by molar-refractivity contribution is 5.80. The van der Waals surface area contributed by atoms with Crippen molar-refractivity contribution in [3.63, 3.8) is 0 Å². The molecule has 0 aliphatic rings. The van der Waals surface area contributed by atoms with Crippen molar-refractivity contribution in [3.05, 3.63) is 84.2 Å². The Morgan fingerprint density at radius 1 is 1.00 bits per heavy atom. The maximum atomic E-state index is 4.15. The maximum absolute atomic E-state index is 4.15. The summed E-state index contributed by atoms with van der Waals surface area (Å²) in [4.78, 5) is 0. The van der Waals surface area contributed by atoms with Crippen molar-refractivity contribution in [2.45, 2.75) is 26.7 Å². The van der Waals surface area contributed by atoms with E-state index in [1.807, 2.05) is 6.92 Å². The molecule has 0 bridgehead atoms. The molecule has 0 atom stereocenters.